The lowest BCUT2D eigenvalue weighted by atomic mass is 10.1. The van der Waals surface area contributed by atoms with Gasteiger partial charge in [-0.15, -0.1) is 0 Å². The number of carbonyl (C=O) groups excluding carboxylic acids is 2. The van der Waals surface area contributed by atoms with Crippen LogP contribution in [0.1, 0.15) is 32.6 Å². The molecule has 0 aromatic rings. The summed E-state index contributed by atoms with van der Waals surface area (Å²) in [5, 5.41) is 2.51. The molecule has 0 aromatic carbocycles. The first kappa shape index (κ1) is 14.5. The smallest absolute Gasteiger partial charge is 0.325 e. The van der Waals surface area contributed by atoms with E-state index in [0.717, 1.165) is 12.8 Å². The second-order valence-corrected chi connectivity index (χ2v) is 4.37. The Morgan fingerprint density at radius 1 is 1.33 bits per heavy atom. The number of hydrogen-bond acceptors (Lipinski definition) is 3. The van der Waals surface area contributed by atoms with Gasteiger partial charge in [-0.1, -0.05) is 31.1 Å². The minimum absolute atomic E-state index is 0.0780. The number of hydrogen-bond donors (Lipinski definition) is 1. The fourth-order valence-corrected chi connectivity index (χ4v) is 1.88. The first-order valence-electron chi connectivity index (χ1n) is 6.45. The molecule has 0 bridgehead atoms. The third-order valence-electron chi connectivity index (χ3n) is 2.90. The average Bonchev–Trinajstić information content (AvgIpc) is 2.87. The number of esters is 1. The zero-order valence-corrected chi connectivity index (χ0v) is 10.9. The summed E-state index contributed by atoms with van der Waals surface area (Å²) in [6.07, 6.45) is 11.8. The number of nitrogens with one attached hydrogen (secondary N) is 1. The first-order valence-corrected chi connectivity index (χ1v) is 6.45. The van der Waals surface area contributed by atoms with Gasteiger partial charge in [0.15, 0.2) is 0 Å². The highest BCUT2D eigenvalue weighted by molar-refractivity contribution is 5.90. The van der Waals surface area contributed by atoms with Crippen molar-refractivity contribution >= 4 is 11.9 Å². The number of amides is 1. The van der Waals surface area contributed by atoms with Crippen LogP contribution >= 0.6 is 0 Å². The predicted octanol–water partition coefficient (Wildman–Crippen LogP) is 1.97. The van der Waals surface area contributed by atoms with E-state index in [1.165, 1.54) is 18.9 Å². The SMILES string of the molecule is C/C=C\COC(=O)CNC(=O)/C=C/C1CCCC1. The van der Waals surface area contributed by atoms with Gasteiger partial charge >= 0.3 is 5.97 Å². The Balaban J connectivity index is 2.13. The Kier molecular flexibility index (Phi) is 6.84. The Morgan fingerprint density at radius 3 is 2.72 bits per heavy atom. The molecule has 1 N–H and O–H groups in total. The maximum absolute atomic E-state index is 11.4. The molecule has 100 valence electrons. The summed E-state index contributed by atoms with van der Waals surface area (Å²) in [5.41, 5.74) is 0. The molecule has 0 spiro atoms. The standard InChI is InChI=1S/C14H21NO3/c1-2-3-10-18-14(17)11-15-13(16)9-8-12-6-4-5-7-12/h2-3,8-9,12H,4-7,10-11H2,1H3,(H,15,16)/b3-2-,9-8+. The van der Waals surface area contributed by atoms with E-state index in [1.54, 1.807) is 12.2 Å². The summed E-state index contributed by atoms with van der Waals surface area (Å²) in [6.45, 7) is 2.03. The van der Waals surface area contributed by atoms with Crippen molar-refractivity contribution in [3.63, 3.8) is 0 Å². The van der Waals surface area contributed by atoms with Gasteiger partial charge in [-0.25, -0.2) is 0 Å². The Morgan fingerprint density at radius 2 is 2.06 bits per heavy atom. The number of allylic oxidation sites excluding steroid dienone is 2. The normalized spacial score (nSPS) is 16.5. The molecule has 1 fully saturated rings. The van der Waals surface area contributed by atoms with E-state index in [0.29, 0.717) is 5.92 Å². The van der Waals surface area contributed by atoms with E-state index >= 15 is 0 Å². The highest BCUT2D eigenvalue weighted by Crippen LogP contribution is 2.25. The second-order valence-electron chi connectivity index (χ2n) is 4.37. The molecule has 0 saturated heterocycles. The monoisotopic (exact) mass is 251 g/mol. The van der Waals surface area contributed by atoms with Crippen LogP contribution in [0.25, 0.3) is 0 Å². The largest absolute Gasteiger partial charge is 0.460 e. The molecule has 0 unspecified atom stereocenters. The van der Waals surface area contributed by atoms with Crippen LogP contribution in [0.2, 0.25) is 0 Å². The highest BCUT2D eigenvalue weighted by Gasteiger charge is 2.11. The Labute approximate surface area is 108 Å². The first-order chi connectivity index (χ1) is 8.72. The highest BCUT2D eigenvalue weighted by atomic mass is 16.5. The molecule has 0 aliphatic heterocycles. The van der Waals surface area contributed by atoms with Crippen molar-refractivity contribution in [2.75, 3.05) is 13.2 Å². The van der Waals surface area contributed by atoms with Gasteiger partial charge in [0, 0.05) is 0 Å². The molecule has 4 nitrogen and oxygen atoms in total. The van der Waals surface area contributed by atoms with Crippen LogP contribution in [0.5, 0.6) is 0 Å². The van der Waals surface area contributed by atoms with Crippen LogP contribution in [-0.2, 0) is 14.3 Å². The summed E-state index contributed by atoms with van der Waals surface area (Å²) < 4.78 is 4.85. The Hall–Kier alpha value is -1.58. The van der Waals surface area contributed by atoms with Crippen LogP contribution in [-0.4, -0.2) is 25.0 Å². The van der Waals surface area contributed by atoms with E-state index in [2.05, 4.69) is 5.32 Å². The maximum Gasteiger partial charge on any atom is 0.325 e. The average molecular weight is 251 g/mol. The third-order valence-corrected chi connectivity index (χ3v) is 2.90. The van der Waals surface area contributed by atoms with Gasteiger partial charge in [-0.2, -0.15) is 0 Å². The quantitative estimate of drug-likeness (QED) is 0.446. The van der Waals surface area contributed by atoms with Crippen molar-refractivity contribution in [3.8, 4) is 0 Å². The number of rotatable bonds is 6. The van der Waals surface area contributed by atoms with Crippen LogP contribution in [0.15, 0.2) is 24.3 Å². The van der Waals surface area contributed by atoms with Gasteiger partial charge < -0.3 is 10.1 Å². The lowest BCUT2D eigenvalue weighted by Crippen LogP contribution is -2.29. The predicted molar refractivity (Wildman–Crippen MR) is 69.9 cm³/mol. The van der Waals surface area contributed by atoms with Crippen molar-refractivity contribution < 1.29 is 14.3 Å². The van der Waals surface area contributed by atoms with Gasteiger partial charge in [0.2, 0.25) is 5.91 Å². The molecule has 4 heteroatoms. The van der Waals surface area contributed by atoms with Gasteiger partial charge in [0.25, 0.3) is 0 Å². The molecule has 1 amide bonds. The van der Waals surface area contributed by atoms with Crippen molar-refractivity contribution in [3.05, 3.63) is 24.3 Å². The molecular formula is C14H21NO3. The second kappa shape index (κ2) is 8.50. The van der Waals surface area contributed by atoms with E-state index < -0.39 is 5.97 Å². The zero-order valence-electron chi connectivity index (χ0n) is 10.9. The molecule has 0 aromatic heterocycles. The zero-order chi connectivity index (χ0) is 13.2. The summed E-state index contributed by atoms with van der Waals surface area (Å²) in [4.78, 5) is 22.6. The van der Waals surface area contributed by atoms with E-state index in [-0.39, 0.29) is 19.1 Å². The number of ether oxygens (including phenoxy) is 1. The third kappa shape index (κ3) is 6.23. The molecule has 1 saturated carbocycles. The van der Waals surface area contributed by atoms with E-state index in [4.69, 9.17) is 4.74 Å². The summed E-state index contributed by atoms with van der Waals surface area (Å²) in [5.74, 6) is -0.127. The minimum Gasteiger partial charge on any atom is -0.460 e. The molecule has 1 aliphatic rings. The van der Waals surface area contributed by atoms with Crippen LogP contribution in [0, 0.1) is 5.92 Å². The van der Waals surface area contributed by atoms with E-state index in [9.17, 15) is 9.59 Å². The molecule has 18 heavy (non-hydrogen) atoms. The van der Waals surface area contributed by atoms with Gasteiger partial charge in [0.1, 0.15) is 13.2 Å². The van der Waals surface area contributed by atoms with Gasteiger partial charge in [0.05, 0.1) is 0 Å². The summed E-state index contributed by atoms with van der Waals surface area (Å²) in [7, 11) is 0. The van der Waals surface area contributed by atoms with Gasteiger partial charge in [-0.3, -0.25) is 9.59 Å². The lowest BCUT2D eigenvalue weighted by Gasteiger charge is -2.03. The maximum atomic E-state index is 11.4. The van der Waals surface area contributed by atoms with Crippen molar-refractivity contribution in [1.29, 1.82) is 0 Å². The van der Waals surface area contributed by atoms with Crippen molar-refractivity contribution in [2.24, 2.45) is 5.92 Å². The fraction of sp³-hybridized carbons (Fsp3) is 0.571. The molecular weight excluding hydrogens is 230 g/mol. The number of carbonyl (C=O) groups is 2. The molecule has 0 radical (unpaired) electrons. The molecule has 1 aliphatic carbocycles. The lowest BCUT2D eigenvalue weighted by molar-refractivity contribution is -0.142. The minimum atomic E-state index is -0.421. The molecule has 0 heterocycles. The van der Waals surface area contributed by atoms with Crippen molar-refractivity contribution in [2.45, 2.75) is 32.6 Å². The molecule has 1 rings (SSSR count). The summed E-state index contributed by atoms with van der Waals surface area (Å²) >= 11 is 0. The van der Waals surface area contributed by atoms with Crippen molar-refractivity contribution in [1.82, 2.24) is 5.32 Å². The Bertz CT molecular complexity index is 328. The van der Waals surface area contributed by atoms with Crippen LogP contribution in [0.4, 0.5) is 0 Å². The van der Waals surface area contributed by atoms with E-state index in [1.807, 2.05) is 13.0 Å². The van der Waals surface area contributed by atoms with Crippen LogP contribution in [0.3, 0.4) is 0 Å². The fourth-order valence-electron chi connectivity index (χ4n) is 1.88. The van der Waals surface area contributed by atoms with Crippen LogP contribution < -0.4 is 5.32 Å². The van der Waals surface area contributed by atoms with Gasteiger partial charge in [-0.05, 0) is 31.8 Å². The summed E-state index contributed by atoms with van der Waals surface area (Å²) in [6, 6.07) is 0. The topological polar surface area (TPSA) is 55.4 Å². The molecule has 0 atom stereocenters.